The van der Waals surface area contributed by atoms with E-state index in [1.54, 1.807) is 12.1 Å². The molecule has 7 unspecified atom stereocenters. The standard InChI is InChI=1S/C20H27NO8S/c1-10-3-5-12(6-4-10)30(25,26)29-17-15(24)13(22)14(23)16-18(17)28-20(27-16)9-11-7-8-19(20,2)21-11/h3-6,11,13-18,21-24H,7-9H2,1-2H3/t11-,13?,14?,15?,16?,17?,18?,19?,20-/m1/s1. The Morgan fingerprint density at radius 1 is 1.07 bits per heavy atom. The average Bonchev–Trinajstić information content (AvgIpc) is 3.34. The molecule has 1 saturated carbocycles. The molecule has 3 heterocycles. The Morgan fingerprint density at radius 3 is 2.33 bits per heavy atom. The minimum atomic E-state index is -4.25. The van der Waals surface area contributed by atoms with E-state index in [9.17, 15) is 23.7 Å². The second-order valence-electron chi connectivity index (χ2n) is 9.13. The predicted octanol–water partition coefficient (Wildman–Crippen LogP) is -0.440. The Balaban J connectivity index is 1.47. The van der Waals surface area contributed by atoms with Gasteiger partial charge in [0.15, 0.2) is 5.79 Å². The molecule has 0 aromatic heterocycles. The maximum absolute atomic E-state index is 12.9. The topological polar surface area (TPSA) is 135 Å². The largest absolute Gasteiger partial charge is 0.387 e. The van der Waals surface area contributed by atoms with Gasteiger partial charge in [0.1, 0.15) is 36.6 Å². The fourth-order valence-electron chi connectivity index (χ4n) is 5.34. The first-order chi connectivity index (χ1) is 14.1. The van der Waals surface area contributed by atoms with Crippen LogP contribution in [0.5, 0.6) is 0 Å². The van der Waals surface area contributed by atoms with Crippen molar-refractivity contribution in [1.82, 2.24) is 5.32 Å². The number of ether oxygens (including phenoxy) is 2. The number of nitrogens with one attached hydrogen (secondary N) is 1. The second-order valence-corrected chi connectivity index (χ2v) is 10.7. The minimum absolute atomic E-state index is 0.0698. The molecule has 1 aromatic carbocycles. The van der Waals surface area contributed by atoms with Gasteiger partial charge in [-0.05, 0) is 38.8 Å². The molecular weight excluding hydrogens is 414 g/mol. The highest BCUT2D eigenvalue weighted by Crippen LogP contribution is 2.54. The Bertz CT molecular complexity index is 939. The lowest BCUT2D eigenvalue weighted by Gasteiger charge is -2.40. The molecule has 3 saturated heterocycles. The van der Waals surface area contributed by atoms with Gasteiger partial charge in [0.05, 0.1) is 10.4 Å². The van der Waals surface area contributed by atoms with Crippen LogP contribution in [-0.4, -0.2) is 77.7 Å². The van der Waals surface area contributed by atoms with Crippen molar-refractivity contribution in [2.75, 3.05) is 0 Å². The summed E-state index contributed by atoms with van der Waals surface area (Å²) in [6.07, 6.45) is -5.96. The van der Waals surface area contributed by atoms with E-state index in [0.29, 0.717) is 6.42 Å². The van der Waals surface area contributed by atoms with Crippen molar-refractivity contribution in [3.8, 4) is 0 Å². The molecule has 4 N–H and O–H groups in total. The van der Waals surface area contributed by atoms with Gasteiger partial charge >= 0.3 is 0 Å². The van der Waals surface area contributed by atoms with Crippen LogP contribution in [0.3, 0.4) is 0 Å². The van der Waals surface area contributed by atoms with E-state index in [-0.39, 0.29) is 10.9 Å². The van der Waals surface area contributed by atoms with Gasteiger partial charge in [-0.3, -0.25) is 4.18 Å². The van der Waals surface area contributed by atoms with Crippen molar-refractivity contribution in [3.05, 3.63) is 29.8 Å². The molecular formula is C20H27NO8S. The molecule has 1 spiro atoms. The third-order valence-corrected chi connectivity index (χ3v) is 8.42. The van der Waals surface area contributed by atoms with Crippen LogP contribution in [0.2, 0.25) is 0 Å². The van der Waals surface area contributed by atoms with Crippen molar-refractivity contribution in [2.24, 2.45) is 0 Å². The Morgan fingerprint density at radius 2 is 1.73 bits per heavy atom. The first-order valence-corrected chi connectivity index (χ1v) is 11.6. The molecule has 30 heavy (non-hydrogen) atoms. The number of hydrogen-bond donors (Lipinski definition) is 4. The summed E-state index contributed by atoms with van der Waals surface area (Å²) in [5, 5.41) is 35.0. The Hall–Kier alpha value is -1.11. The third-order valence-electron chi connectivity index (χ3n) is 7.09. The van der Waals surface area contributed by atoms with E-state index < -0.39 is 58.1 Å². The number of aliphatic hydroxyl groups is 3. The zero-order valence-electron chi connectivity index (χ0n) is 16.8. The summed E-state index contributed by atoms with van der Waals surface area (Å²) in [5.74, 6) is -1.08. The van der Waals surface area contributed by atoms with Crippen LogP contribution >= 0.6 is 0 Å². The van der Waals surface area contributed by atoms with E-state index in [2.05, 4.69) is 5.32 Å². The molecule has 9 atom stereocenters. The second kappa shape index (κ2) is 6.69. The van der Waals surface area contributed by atoms with E-state index >= 15 is 0 Å². The maximum atomic E-state index is 12.9. The van der Waals surface area contributed by atoms with Crippen molar-refractivity contribution in [2.45, 2.75) is 92.0 Å². The minimum Gasteiger partial charge on any atom is -0.387 e. The molecule has 0 amide bonds. The smallest absolute Gasteiger partial charge is 0.297 e. The quantitative estimate of drug-likeness (QED) is 0.461. The Labute approximate surface area is 175 Å². The van der Waals surface area contributed by atoms with Crippen LogP contribution < -0.4 is 5.32 Å². The van der Waals surface area contributed by atoms with E-state index in [1.165, 1.54) is 12.1 Å². The van der Waals surface area contributed by atoms with Crippen molar-refractivity contribution >= 4 is 10.1 Å². The Kier molecular flexibility index (Phi) is 4.63. The molecule has 1 aromatic rings. The fraction of sp³-hybridized carbons (Fsp3) is 0.700. The SMILES string of the molecule is Cc1ccc(S(=O)(=O)OC2C(O)C(O)C(O)C3O[C@]4(C[C@H]5CCC4(C)N5)OC32)cc1. The molecule has 4 fully saturated rings. The zero-order valence-corrected chi connectivity index (χ0v) is 17.6. The number of benzene rings is 1. The molecule has 166 valence electrons. The summed E-state index contributed by atoms with van der Waals surface area (Å²) in [5.41, 5.74) is 0.377. The number of fused-ring (bicyclic) bond motifs is 4. The summed E-state index contributed by atoms with van der Waals surface area (Å²) >= 11 is 0. The number of aryl methyl sites for hydroxylation is 1. The highest BCUT2D eigenvalue weighted by Gasteiger charge is 2.70. The first kappa shape index (κ1) is 20.8. The van der Waals surface area contributed by atoms with Gasteiger partial charge in [-0.1, -0.05) is 17.7 Å². The maximum Gasteiger partial charge on any atom is 0.297 e. The van der Waals surface area contributed by atoms with Crippen LogP contribution in [0.15, 0.2) is 29.2 Å². The molecule has 9 nitrogen and oxygen atoms in total. The third kappa shape index (κ3) is 2.90. The summed E-state index contributed by atoms with van der Waals surface area (Å²) in [6, 6.07) is 6.30. The van der Waals surface area contributed by atoms with Crippen LogP contribution in [0.4, 0.5) is 0 Å². The van der Waals surface area contributed by atoms with E-state index in [0.717, 1.165) is 18.4 Å². The highest BCUT2D eigenvalue weighted by atomic mass is 32.2. The zero-order chi connectivity index (χ0) is 21.5. The predicted molar refractivity (Wildman–Crippen MR) is 103 cm³/mol. The van der Waals surface area contributed by atoms with Gasteiger partial charge in [0, 0.05) is 12.5 Å². The van der Waals surface area contributed by atoms with Crippen molar-refractivity contribution < 1.29 is 37.4 Å². The monoisotopic (exact) mass is 441 g/mol. The van der Waals surface area contributed by atoms with Gasteiger partial charge < -0.3 is 30.1 Å². The van der Waals surface area contributed by atoms with E-state index in [4.69, 9.17) is 13.7 Å². The molecule has 5 rings (SSSR count). The molecule has 4 aliphatic rings. The van der Waals surface area contributed by atoms with Gasteiger partial charge in [-0.15, -0.1) is 0 Å². The van der Waals surface area contributed by atoms with Gasteiger partial charge in [-0.25, -0.2) is 0 Å². The lowest BCUT2D eigenvalue weighted by Crippen LogP contribution is -2.63. The molecule has 2 bridgehead atoms. The summed E-state index contributed by atoms with van der Waals surface area (Å²) in [7, 11) is -4.25. The average molecular weight is 442 g/mol. The normalized spacial score (nSPS) is 47.7. The lowest BCUT2D eigenvalue weighted by atomic mass is 9.83. The van der Waals surface area contributed by atoms with Crippen LogP contribution in [0.25, 0.3) is 0 Å². The molecule has 3 aliphatic heterocycles. The van der Waals surface area contributed by atoms with E-state index in [1.807, 2.05) is 13.8 Å². The van der Waals surface area contributed by atoms with Crippen LogP contribution in [0, 0.1) is 6.92 Å². The summed E-state index contributed by atoms with van der Waals surface area (Å²) in [6.45, 7) is 3.80. The molecule has 1 aliphatic carbocycles. The van der Waals surface area contributed by atoms with Crippen LogP contribution in [-0.2, 0) is 23.8 Å². The van der Waals surface area contributed by atoms with Gasteiger partial charge in [0.2, 0.25) is 0 Å². The first-order valence-electron chi connectivity index (χ1n) is 10.2. The fourth-order valence-corrected chi connectivity index (χ4v) is 6.44. The number of rotatable bonds is 3. The van der Waals surface area contributed by atoms with Crippen molar-refractivity contribution in [1.29, 1.82) is 0 Å². The number of aliphatic hydroxyl groups excluding tert-OH is 3. The molecule has 0 radical (unpaired) electrons. The van der Waals surface area contributed by atoms with Crippen molar-refractivity contribution in [3.63, 3.8) is 0 Å². The number of hydrogen-bond acceptors (Lipinski definition) is 9. The van der Waals surface area contributed by atoms with Gasteiger partial charge in [0.25, 0.3) is 10.1 Å². The summed E-state index contributed by atoms with van der Waals surface area (Å²) < 4.78 is 43.5. The molecule has 10 heteroatoms. The van der Waals surface area contributed by atoms with Gasteiger partial charge in [-0.2, -0.15) is 8.42 Å². The van der Waals surface area contributed by atoms with Crippen LogP contribution in [0.1, 0.15) is 31.7 Å². The lowest BCUT2D eigenvalue weighted by molar-refractivity contribution is -0.220. The summed E-state index contributed by atoms with van der Waals surface area (Å²) in [4.78, 5) is -0.0698. The highest BCUT2D eigenvalue weighted by molar-refractivity contribution is 7.86.